The van der Waals surface area contributed by atoms with E-state index in [-0.39, 0.29) is 12.5 Å². The van der Waals surface area contributed by atoms with Crippen molar-refractivity contribution in [3.05, 3.63) is 39.6 Å². The van der Waals surface area contributed by atoms with Crippen LogP contribution >= 0.6 is 11.3 Å². The molecule has 0 saturated carbocycles. The Balaban J connectivity index is 1.70. The van der Waals surface area contributed by atoms with Crippen molar-refractivity contribution in [3.63, 3.8) is 0 Å². The van der Waals surface area contributed by atoms with Gasteiger partial charge in [-0.25, -0.2) is 4.98 Å². The molecule has 6 nitrogen and oxygen atoms in total. The van der Waals surface area contributed by atoms with Crippen LogP contribution in [0.15, 0.2) is 17.5 Å². The van der Waals surface area contributed by atoms with Crippen LogP contribution < -0.4 is 5.32 Å². The van der Waals surface area contributed by atoms with E-state index >= 15 is 0 Å². The topological polar surface area (TPSA) is 80.0 Å². The molecule has 0 aliphatic heterocycles. The number of aryl methyl sites for hydroxylation is 3. The quantitative estimate of drug-likeness (QED) is 0.601. The molecule has 0 fully saturated rings. The van der Waals surface area contributed by atoms with Crippen LogP contribution in [0.2, 0.25) is 0 Å². The first kappa shape index (κ1) is 16.4. The molecule has 7 heteroatoms. The highest BCUT2D eigenvalue weighted by molar-refractivity contribution is 7.11. The summed E-state index contributed by atoms with van der Waals surface area (Å²) in [7, 11) is 0. The highest BCUT2D eigenvalue weighted by Gasteiger charge is 2.02. The molecule has 0 aliphatic carbocycles. The molecule has 2 N–H and O–H groups in total. The molecule has 0 atom stereocenters. The van der Waals surface area contributed by atoms with Gasteiger partial charge in [0.05, 0.1) is 6.61 Å². The minimum Gasteiger partial charge on any atom is -0.392 e. The average Bonchev–Trinajstić information content (AvgIpc) is 3.07. The van der Waals surface area contributed by atoms with Crippen molar-refractivity contribution in [1.82, 2.24) is 20.1 Å². The van der Waals surface area contributed by atoms with Gasteiger partial charge < -0.3 is 10.4 Å². The summed E-state index contributed by atoms with van der Waals surface area (Å²) in [6, 6.07) is 1.87. The third kappa shape index (κ3) is 4.78. The Bertz CT molecular complexity index is 660. The summed E-state index contributed by atoms with van der Waals surface area (Å²) in [4.78, 5) is 16.9. The molecule has 0 bridgehead atoms. The van der Waals surface area contributed by atoms with Crippen molar-refractivity contribution in [2.75, 3.05) is 6.54 Å². The average molecular weight is 320 g/mol. The summed E-state index contributed by atoms with van der Waals surface area (Å²) in [6.07, 6.45) is 4.07. The van der Waals surface area contributed by atoms with Crippen LogP contribution in [0.5, 0.6) is 0 Å². The first-order valence-electron chi connectivity index (χ1n) is 7.10. The number of carbonyl (C=O) groups is 1. The Labute approximate surface area is 133 Å². The van der Waals surface area contributed by atoms with Crippen molar-refractivity contribution in [2.45, 2.75) is 33.4 Å². The van der Waals surface area contributed by atoms with Crippen LogP contribution in [0.1, 0.15) is 28.5 Å². The van der Waals surface area contributed by atoms with Gasteiger partial charge in [-0.05, 0) is 43.4 Å². The molecule has 22 heavy (non-hydrogen) atoms. The summed E-state index contributed by atoms with van der Waals surface area (Å²) in [5.74, 6) is 1.54. The van der Waals surface area contributed by atoms with Gasteiger partial charge in [0.25, 0.3) is 0 Å². The number of amides is 1. The van der Waals surface area contributed by atoms with Crippen molar-refractivity contribution < 1.29 is 9.90 Å². The SMILES string of the molecule is Cc1nc(C)n(CCCNC(=O)C=Cc2cc(CO)cs2)n1. The van der Waals surface area contributed by atoms with Crippen LogP contribution in [0, 0.1) is 13.8 Å². The molecule has 0 saturated heterocycles. The van der Waals surface area contributed by atoms with Crippen LogP contribution in [-0.2, 0) is 17.9 Å². The number of hydrogen-bond acceptors (Lipinski definition) is 5. The highest BCUT2D eigenvalue weighted by atomic mass is 32.1. The molecule has 2 heterocycles. The molecule has 118 valence electrons. The van der Waals surface area contributed by atoms with Gasteiger partial charge >= 0.3 is 0 Å². The van der Waals surface area contributed by atoms with Gasteiger partial charge in [-0.15, -0.1) is 11.3 Å². The Kier molecular flexibility index (Phi) is 5.85. The predicted octanol–water partition coefficient (Wildman–Crippen LogP) is 1.67. The van der Waals surface area contributed by atoms with Gasteiger partial charge in [-0.3, -0.25) is 9.48 Å². The van der Waals surface area contributed by atoms with Gasteiger partial charge in [0.2, 0.25) is 5.91 Å². The number of aromatic nitrogens is 3. The van der Waals surface area contributed by atoms with E-state index < -0.39 is 0 Å². The number of rotatable bonds is 7. The van der Waals surface area contributed by atoms with E-state index in [2.05, 4.69) is 15.4 Å². The van der Waals surface area contributed by atoms with E-state index in [4.69, 9.17) is 5.11 Å². The maximum Gasteiger partial charge on any atom is 0.244 e. The molecule has 2 rings (SSSR count). The summed E-state index contributed by atoms with van der Waals surface area (Å²) < 4.78 is 1.85. The fourth-order valence-corrected chi connectivity index (χ4v) is 2.79. The van der Waals surface area contributed by atoms with Crippen molar-refractivity contribution in [2.24, 2.45) is 0 Å². The maximum atomic E-state index is 11.7. The van der Waals surface area contributed by atoms with Crippen LogP contribution in [0.25, 0.3) is 6.08 Å². The first-order chi connectivity index (χ1) is 10.6. The molecule has 1 amide bonds. The minimum absolute atomic E-state index is 0.0255. The normalized spacial score (nSPS) is 11.2. The molecular weight excluding hydrogens is 300 g/mol. The number of hydrogen-bond donors (Lipinski definition) is 2. The summed E-state index contributed by atoms with van der Waals surface area (Å²) in [5, 5.41) is 18.0. The molecule has 2 aromatic rings. The standard InChI is InChI=1S/C15H20N4O2S/c1-11-17-12(2)19(18-11)7-3-6-16-15(21)5-4-14-8-13(9-20)10-22-14/h4-5,8,10,20H,3,6-7,9H2,1-2H3,(H,16,21). The lowest BCUT2D eigenvalue weighted by Gasteiger charge is -2.03. The molecule has 2 aromatic heterocycles. The molecular formula is C15H20N4O2S. The lowest BCUT2D eigenvalue weighted by Crippen LogP contribution is -2.23. The Morgan fingerprint density at radius 1 is 1.50 bits per heavy atom. The summed E-state index contributed by atoms with van der Waals surface area (Å²) in [6.45, 7) is 5.14. The number of aliphatic hydroxyl groups excluding tert-OH is 1. The molecule has 0 spiro atoms. The van der Waals surface area contributed by atoms with Gasteiger partial charge in [-0.1, -0.05) is 0 Å². The van der Waals surface area contributed by atoms with E-state index in [0.29, 0.717) is 6.54 Å². The van der Waals surface area contributed by atoms with Gasteiger partial charge in [0.15, 0.2) is 0 Å². The Morgan fingerprint density at radius 3 is 2.95 bits per heavy atom. The van der Waals surface area contributed by atoms with Crippen LogP contribution in [0.4, 0.5) is 0 Å². The van der Waals surface area contributed by atoms with Crippen molar-refractivity contribution >= 4 is 23.3 Å². The van der Waals surface area contributed by atoms with E-state index in [9.17, 15) is 4.79 Å². The van der Waals surface area contributed by atoms with E-state index in [0.717, 1.165) is 35.1 Å². The van der Waals surface area contributed by atoms with Gasteiger partial charge in [-0.2, -0.15) is 5.10 Å². The zero-order valence-electron chi connectivity index (χ0n) is 12.7. The fraction of sp³-hybridized carbons (Fsp3) is 0.400. The molecule has 0 radical (unpaired) electrons. The minimum atomic E-state index is -0.120. The van der Waals surface area contributed by atoms with E-state index in [1.54, 1.807) is 6.08 Å². The third-order valence-corrected chi connectivity index (χ3v) is 4.01. The lowest BCUT2D eigenvalue weighted by atomic mass is 10.3. The van der Waals surface area contributed by atoms with E-state index in [1.165, 1.54) is 17.4 Å². The number of aliphatic hydroxyl groups is 1. The second kappa shape index (κ2) is 7.86. The summed E-state index contributed by atoms with van der Waals surface area (Å²) in [5.41, 5.74) is 0.864. The number of thiophene rings is 1. The lowest BCUT2D eigenvalue weighted by molar-refractivity contribution is -0.116. The first-order valence-corrected chi connectivity index (χ1v) is 7.98. The second-order valence-corrected chi connectivity index (χ2v) is 5.87. The van der Waals surface area contributed by atoms with Crippen LogP contribution in [0.3, 0.4) is 0 Å². The molecule has 0 unspecified atom stereocenters. The smallest absolute Gasteiger partial charge is 0.244 e. The number of nitrogens with zero attached hydrogens (tertiary/aromatic N) is 3. The third-order valence-electron chi connectivity index (χ3n) is 3.06. The maximum absolute atomic E-state index is 11.7. The predicted molar refractivity (Wildman–Crippen MR) is 86.4 cm³/mol. The second-order valence-electron chi connectivity index (χ2n) is 4.92. The zero-order valence-corrected chi connectivity index (χ0v) is 13.6. The molecule has 0 aliphatic rings. The Hall–Kier alpha value is -1.99. The zero-order chi connectivity index (χ0) is 15.9. The van der Waals surface area contributed by atoms with Gasteiger partial charge in [0.1, 0.15) is 11.6 Å². The highest BCUT2D eigenvalue weighted by Crippen LogP contribution is 2.15. The van der Waals surface area contributed by atoms with E-state index in [1.807, 2.05) is 30.0 Å². The number of nitrogens with one attached hydrogen (secondary N) is 1. The van der Waals surface area contributed by atoms with Gasteiger partial charge in [0, 0.05) is 24.0 Å². The molecule has 0 aromatic carbocycles. The van der Waals surface area contributed by atoms with Crippen molar-refractivity contribution in [1.29, 1.82) is 0 Å². The monoisotopic (exact) mass is 320 g/mol. The largest absolute Gasteiger partial charge is 0.392 e. The van der Waals surface area contributed by atoms with Crippen molar-refractivity contribution in [3.8, 4) is 0 Å². The Morgan fingerprint density at radius 2 is 2.32 bits per heavy atom. The number of carbonyl (C=O) groups excluding carboxylic acids is 1. The summed E-state index contributed by atoms with van der Waals surface area (Å²) >= 11 is 1.50. The van der Waals surface area contributed by atoms with Crippen LogP contribution in [-0.4, -0.2) is 32.3 Å². The fourth-order valence-electron chi connectivity index (χ4n) is 2.00.